The van der Waals surface area contributed by atoms with Crippen molar-refractivity contribution in [3.05, 3.63) is 35.9 Å². The molecule has 0 aromatic heterocycles. The number of unbranched alkanes of at least 4 members (excludes halogenated alkanes) is 7. The van der Waals surface area contributed by atoms with Gasteiger partial charge in [0.05, 0.1) is 6.61 Å². The zero-order valence-corrected chi connectivity index (χ0v) is 16.0. The van der Waals surface area contributed by atoms with Crippen molar-refractivity contribution in [1.82, 2.24) is 0 Å². The number of nitrogens with two attached hydrogens (primary N) is 1. The van der Waals surface area contributed by atoms with Gasteiger partial charge < -0.3 is 10.5 Å². The maximum Gasteiger partial charge on any atom is 0.119 e. The van der Waals surface area contributed by atoms with E-state index in [-0.39, 0.29) is 5.54 Å². The van der Waals surface area contributed by atoms with Gasteiger partial charge in [0, 0.05) is 5.54 Å². The first-order valence-corrected chi connectivity index (χ1v) is 9.69. The normalized spacial score (nSPS) is 12.0. The van der Waals surface area contributed by atoms with Gasteiger partial charge in [-0.1, -0.05) is 76.2 Å². The quantitative estimate of drug-likeness (QED) is 0.428. The molecule has 0 fully saturated rings. The molecule has 0 aliphatic heterocycles. The molecule has 0 aliphatic carbocycles. The van der Waals surface area contributed by atoms with E-state index >= 15 is 0 Å². The molecular weight excluding hydrogens is 294 g/mol. The first-order valence-electron chi connectivity index (χ1n) is 9.69. The fourth-order valence-corrected chi connectivity index (χ4v) is 2.60. The highest BCUT2D eigenvalue weighted by Crippen LogP contribution is 2.15. The lowest BCUT2D eigenvalue weighted by Gasteiger charge is -2.14. The minimum absolute atomic E-state index is 0.143. The molecule has 136 valence electrons. The third-order valence-electron chi connectivity index (χ3n) is 4.10. The monoisotopic (exact) mass is 331 g/mol. The van der Waals surface area contributed by atoms with Gasteiger partial charge in [0.2, 0.25) is 0 Å². The van der Waals surface area contributed by atoms with E-state index in [2.05, 4.69) is 43.3 Å². The topological polar surface area (TPSA) is 35.2 Å². The highest BCUT2D eigenvalue weighted by molar-refractivity contribution is 5.50. The van der Waals surface area contributed by atoms with Gasteiger partial charge in [-0.15, -0.1) is 0 Å². The van der Waals surface area contributed by atoms with Gasteiger partial charge in [0.1, 0.15) is 5.75 Å². The molecule has 1 rings (SSSR count). The molecule has 0 aliphatic rings. The summed E-state index contributed by atoms with van der Waals surface area (Å²) in [5.41, 5.74) is 7.02. The Kier molecular flexibility index (Phi) is 10.5. The molecule has 0 heterocycles. The Morgan fingerprint density at radius 1 is 0.917 bits per heavy atom. The summed E-state index contributed by atoms with van der Waals surface area (Å²) in [6.07, 6.45) is 15.8. The first-order chi connectivity index (χ1) is 11.5. The van der Waals surface area contributed by atoms with Crippen LogP contribution in [0.3, 0.4) is 0 Å². The zero-order valence-electron chi connectivity index (χ0n) is 16.0. The molecule has 1 aromatic carbocycles. The molecule has 0 radical (unpaired) electrons. The van der Waals surface area contributed by atoms with E-state index in [1.807, 2.05) is 13.8 Å². The smallest absolute Gasteiger partial charge is 0.119 e. The van der Waals surface area contributed by atoms with Crippen LogP contribution < -0.4 is 10.5 Å². The average Bonchev–Trinajstić information content (AvgIpc) is 2.53. The Balaban J connectivity index is 2.12. The fraction of sp³-hybridized carbons (Fsp3) is 0.636. The number of hydrogen-bond acceptors (Lipinski definition) is 2. The molecule has 0 amide bonds. The van der Waals surface area contributed by atoms with Gasteiger partial charge in [0.15, 0.2) is 0 Å². The molecular formula is C22H37NO. The molecule has 0 unspecified atom stereocenters. The SMILES string of the molecule is CCCCCCCCCCOc1ccc(C=CCC(C)(C)N)cc1. The van der Waals surface area contributed by atoms with E-state index in [0.29, 0.717) is 0 Å². The summed E-state index contributed by atoms with van der Waals surface area (Å²) < 4.78 is 5.82. The summed E-state index contributed by atoms with van der Waals surface area (Å²) >= 11 is 0. The third-order valence-corrected chi connectivity index (χ3v) is 4.10. The summed E-state index contributed by atoms with van der Waals surface area (Å²) in [5.74, 6) is 0.967. The summed E-state index contributed by atoms with van der Waals surface area (Å²) in [4.78, 5) is 0. The van der Waals surface area contributed by atoms with Gasteiger partial charge in [-0.25, -0.2) is 0 Å². The lowest BCUT2D eigenvalue weighted by molar-refractivity contribution is 0.304. The van der Waals surface area contributed by atoms with Crippen molar-refractivity contribution in [1.29, 1.82) is 0 Å². The van der Waals surface area contributed by atoms with Crippen molar-refractivity contribution in [2.75, 3.05) is 6.61 Å². The van der Waals surface area contributed by atoms with E-state index in [1.165, 1.54) is 50.5 Å². The summed E-state index contributed by atoms with van der Waals surface area (Å²) in [6.45, 7) is 7.17. The second kappa shape index (κ2) is 12.1. The van der Waals surface area contributed by atoms with Crippen LogP contribution in [0, 0.1) is 0 Å². The Morgan fingerprint density at radius 3 is 2.08 bits per heavy atom. The Labute approximate surface area is 149 Å². The largest absolute Gasteiger partial charge is 0.494 e. The molecule has 2 nitrogen and oxygen atoms in total. The van der Waals surface area contributed by atoms with Crippen molar-refractivity contribution in [3.8, 4) is 5.75 Å². The molecule has 0 bridgehead atoms. The summed E-state index contributed by atoms with van der Waals surface area (Å²) in [6, 6.07) is 8.31. The molecule has 0 atom stereocenters. The molecule has 0 saturated heterocycles. The van der Waals surface area contributed by atoms with Crippen molar-refractivity contribution < 1.29 is 4.74 Å². The van der Waals surface area contributed by atoms with Crippen LogP contribution >= 0.6 is 0 Å². The second-order valence-corrected chi connectivity index (χ2v) is 7.49. The van der Waals surface area contributed by atoms with E-state index in [1.54, 1.807) is 0 Å². The van der Waals surface area contributed by atoms with Crippen molar-refractivity contribution in [2.45, 2.75) is 84.1 Å². The van der Waals surface area contributed by atoms with Gasteiger partial charge in [0.25, 0.3) is 0 Å². The van der Waals surface area contributed by atoms with Crippen LogP contribution in [-0.2, 0) is 0 Å². The summed E-state index contributed by atoms with van der Waals surface area (Å²) in [5, 5.41) is 0. The van der Waals surface area contributed by atoms with Crippen LogP contribution in [0.1, 0.15) is 84.1 Å². The van der Waals surface area contributed by atoms with Gasteiger partial charge >= 0.3 is 0 Å². The number of benzene rings is 1. The predicted molar refractivity (Wildman–Crippen MR) is 106 cm³/mol. The highest BCUT2D eigenvalue weighted by atomic mass is 16.5. The van der Waals surface area contributed by atoms with Crippen molar-refractivity contribution >= 4 is 6.08 Å². The standard InChI is InChI=1S/C22H37NO/c1-4-5-6-7-8-9-10-11-19-24-21-16-14-20(15-17-21)13-12-18-22(2,3)23/h12-17H,4-11,18-19,23H2,1-3H3. The van der Waals surface area contributed by atoms with E-state index in [4.69, 9.17) is 10.5 Å². The Morgan fingerprint density at radius 2 is 1.50 bits per heavy atom. The van der Waals surface area contributed by atoms with Crippen LogP contribution in [0.5, 0.6) is 5.75 Å². The van der Waals surface area contributed by atoms with Gasteiger partial charge in [-0.05, 0) is 44.4 Å². The minimum atomic E-state index is -0.143. The highest BCUT2D eigenvalue weighted by Gasteiger charge is 2.06. The maximum atomic E-state index is 5.97. The fourth-order valence-electron chi connectivity index (χ4n) is 2.60. The van der Waals surface area contributed by atoms with E-state index in [0.717, 1.165) is 25.2 Å². The second-order valence-electron chi connectivity index (χ2n) is 7.49. The Hall–Kier alpha value is -1.28. The lowest BCUT2D eigenvalue weighted by atomic mass is 10.0. The van der Waals surface area contributed by atoms with Gasteiger partial charge in [-0.3, -0.25) is 0 Å². The number of hydrogen-bond donors (Lipinski definition) is 1. The average molecular weight is 332 g/mol. The van der Waals surface area contributed by atoms with Crippen LogP contribution in [0.2, 0.25) is 0 Å². The van der Waals surface area contributed by atoms with E-state index < -0.39 is 0 Å². The molecule has 2 N–H and O–H groups in total. The zero-order chi connectivity index (χ0) is 17.7. The van der Waals surface area contributed by atoms with Crippen LogP contribution in [0.25, 0.3) is 6.08 Å². The molecule has 0 saturated carbocycles. The third kappa shape index (κ3) is 11.3. The molecule has 24 heavy (non-hydrogen) atoms. The van der Waals surface area contributed by atoms with Crippen molar-refractivity contribution in [3.63, 3.8) is 0 Å². The number of ether oxygens (including phenoxy) is 1. The van der Waals surface area contributed by atoms with Crippen LogP contribution in [-0.4, -0.2) is 12.1 Å². The van der Waals surface area contributed by atoms with Crippen LogP contribution in [0.15, 0.2) is 30.3 Å². The maximum absolute atomic E-state index is 5.97. The Bertz CT molecular complexity index is 442. The van der Waals surface area contributed by atoms with Crippen molar-refractivity contribution in [2.24, 2.45) is 5.73 Å². The lowest BCUT2D eigenvalue weighted by Crippen LogP contribution is -2.30. The molecule has 2 heteroatoms. The van der Waals surface area contributed by atoms with Gasteiger partial charge in [-0.2, -0.15) is 0 Å². The minimum Gasteiger partial charge on any atom is -0.494 e. The molecule has 1 aromatic rings. The first kappa shape index (κ1) is 20.8. The number of rotatable bonds is 13. The predicted octanol–water partition coefficient (Wildman–Crippen LogP) is 6.35. The van der Waals surface area contributed by atoms with E-state index in [9.17, 15) is 0 Å². The van der Waals surface area contributed by atoms with Crippen LogP contribution in [0.4, 0.5) is 0 Å². The molecule has 0 spiro atoms. The summed E-state index contributed by atoms with van der Waals surface area (Å²) in [7, 11) is 0.